The van der Waals surface area contributed by atoms with Crippen molar-refractivity contribution < 1.29 is 9.59 Å². The maximum atomic E-state index is 13.9. The van der Waals surface area contributed by atoms with Crippen molar-refractivity contribution in [2.24, 2.45) is 0 Å². The van der Waals surface area contributed by atoms with Crippen molar-refractivity contribution in [3.63, 3.8) is 0 Å². The predicted molar refractivity (Wildman–Crippen MR) is 132 cm³/mol. The highest BCUT2D eigenvalue weighted by molar-refractivity contribution is 6.45. The molecule has 0 spiro atoms. The monoisotopic (exact) mass is 456 g/mol. The van der Waals surface area contributed by atoms with Gasteiger partial charge in [0.1, 0.15) is 5.70 Å². The second-order valence-corrected chi connectivity index (χ2v) is 9.28. The number of nitrogens with zero attached hydrogens (tertiary/aromatic N) is 2. The van der Waals surface area contributed by atoms with Crippen LogP contribution in [0.1, 0.15) is 33.4 Å². The summed E-state index contributed by atoms with van der Waals surface area (Å²) in [5, 5.41) is 0.575. The lowest BCUT2D eigenvalue weighted by Crippen LogP contribution is -2.37. The Hall–Kier alpha value is -3.37. The molecule has 0 unspecified atom stereocenters. The molecule has 0 saturated heterocycles. The van der Waals surface area contributed by atoms with Crippen LogP contribution in [0.4, 0.5) is 5.69 Å². The zero-order valence-corrected chi connectivity index (χ0v) is 19.7. The van der Waals surface area contributed by atoms with Gasteiger partial charge in [-0.05, 0) is 78.8 Å². The highest BCUT2D eigenvalue weighted by atomic mass is 35.5. The Morgan fingerprint density at radius 1 is 0.788 bits per heavy atom. The van der Waals surface area contributed by atoms with Gasteiger partial charge in [-0.25, -0.2) is 4.90 Å². The van der Waals surface area contributed by atoms with Crippen molar-refractivity contribution in [2.75, 3.05) is 11.4 Å². The second kappa shape index (κ2) is 8.20. The third-order valence-corrected chi connectivity index (χ3v) is 6.94. The van der Waals surface area contributed by atoms with Gasteiger partial charge in [0.05, 0.1) is 11.3 Å². The molecule has 5 heteroatoms. The van der Waals surface area contributed by atoms with Crippen LogP contribution >= 0.6 is 11.6 Å². The van der Waals surface area contributed by atoms with E-state index in [2.05, 4.69) is 17.0 Å². The fourth-order valence-corrected chi connectivity index (χ4v) is 4.97. The number of fused-ring (bicyclic) bond motifs is 1. The summed E-state index contributed by atoms with van der Waals surface area (Å²) in [5.41, 5.74) is 7.81. The van der Waals surface area contributed by atoms with E-state index < -0.39 is 0 Å². The first-order valence-electron chi connectivity index (χ1n) is 11.1. The first-order valence-corrected chi connectivity index (χ1v) is 11.5. The van der Waals surface area contributed by atoms with Gasteiger partial charge in [-0.15, -0.1) is 0 Å². The van der Waals surface area contributed by atoms with Crippen LogP contribution in [0.15, 0.2) is 66.4 Å². The summed E-state index contributed by atoms with van der Waals surface area (Å²) in [5.74, 6) is -0.569. The van der Waals surface area contributed by atoms with Crippen LogP contribution < -0.4 is 4.90 Å². The Morgan fingerprint density at radius 3 is 2.27 bits per heavy atom. The lowest BCUT2D eigenvalue weighted by atomic mass is 9.96. The molecule has 166 valence electrons. The van der Waals surface area contributed by atoms with Gasteiger partial charge in [-0.1, -0.05) is 54.1 Å². The molecule has 0 fully saturated rings. The molecule has 5 rings (SSSR count). The van der Waals surface area contributed by atoms with Crippen LogP contribution in [-0.4, -0.2) is 23.3 Å². The molecule has 0 N–H and O–H groups in total. The number of anilines is 1. The van der Waals surface area contributed by atoms with E-state index in [0.29, 0.717) is 35.1 Å². The van der Waals surface area contributed by atoms with E-state index in [4.69, 9.17) is 11.6 Å². The minimum atomic E-state index is -0.289. The number of carbonyl (C=O) groups excluding carboxylic acids is 2. The Balaban J connectivity index is 1.65. The van der Waals surface area contributed by atoms with Crippen LogP contribution in [-0.2, 0) is 22.6 Å². The first-order chi connectivity index (χ1) is 15.8. The molecular formula is C28H25ClN2O2. The molecule has 2 heterocycles. The molecule has 33 heavy (non-hydrogen) atoms. The number of hydrogen-bond donors (Lipinski definition) is 0. The number of halogens is 1. The second-order valence-electron chi connectivity index (χ2n) is 8.84. The highest BCUT2D eigenvalue weighted by Gasteiger charge is 2.43. The molecule has 0 atom stereocenters. The molecule has 2 aliphatic rings. The topological polar surface area (TPSA) is 40.6 Å². The van der Waals surface area contributed by atoms with Gasteiger partial charge in [0.2, 0.25) is 0 Å². The number of imide groups is 1. The Bertz CT molecular complexity index is 1340. The predicted octanol–water partition coefficient (Wildman–Crippen LogP) is 5.61. The maximum absolute atomic E-state index is 13.9. The normalized spacial score (nSPS) is 16.0. The Morgan fingerprint density at radius 2 is 1.55 bits per heavy atom. The van der Waals surface area contributed by atoms with Gasteiger partial charge < -0.3 is 4.90 Å². The van der Waals surface area contributed by atoms with Crippen molar-refractivity contribution in [1.29, 1.82) is 0 Å². The van der Waals surface area contributed by atoms with Gasteiger partial charge in [0, 0.05) is 18.1 Å². The number of rotatable bonds is 3. The lowest BCUT2D eigenvalue weighted by Gasteiger charge is -2.31. The number of amides is 2. The van der Waals surface area contributed by atoms with E-state index >= 15 is 0 Å². The largest absolute Gasteiger partial charge is 0.362 e. The number of carbonyl (C=O) groups is 2. The van der Waals surface area contributed by atoms with Crippen LogP contribution in [0.2, 0.25) is 5.02 Å². The van der Waals surface area contributed by atoms with E-state index in [1.807, 2.05) is 51.1 Å². The Labute approximate surface area is 199 Å². The molecule has 3 aromatic rings. The minimum absolute atomic E-state index is 0.280. The molecule has 0 aliphatic carbocycles. The van der Waals surface area contributed by atoms with Gasteiger partial charge in [-0.2, -0.15) is 0 Å². The third-order valence-electron chi connectivity index (χ3n) is 6.70. The van der Waals surface area contributed by atoms with E-state index in [-0.39, 0.29) is 11.8 Å². The van der Waals surface area contributed by atoms with Gasteiger partial charge in [0.15, 0.2) is 0 Å². The van der Waals surface area contributed by atoms with E-state index in [9.17, 15) is 9.59 Å². The summed E-state index contributed by atoms with van der Waals surface area (Å²) in [6.45, 7) is 7.23. The SMILES string of the molecule is Cc1ccc(C2=C(N3CCc4ccccc4C3)C(=O)N(c3ccc(Cl)cc3C)C2=O)cc1C. The fourth-order valence-electron chi connectivity index (χ4n) is 4.74. The van der Waals surface area contributed by atoms with Gasteiger partial charge in [-0.3, -0.25) is 9.59 Å². The molecular weight excluding hydrogens is 432 g/mol. The summed E-state index contributed by atoms with van der Waals surface area (Å²) in [7, 11) is 0. The van der Waals surface area contributed by atoms with Crippen LogP contribution in [0.5, 0.6) is 0 Å². The zero-order valence-electron chi connectivity index (χ0n) is 19.0. The maximum Gasteiger partial charge on any atom is 0.282 e. The van der Waals surface area contributed by atoms with Gasteiger partial charge >= 0.3 is 0 Å². The average molecular weight is 457 g/mol. The highest BCUT2D eigenvalue weighted by Crippen LogP contribution is 2.38. The lowest BCUT2D eigenvalue weighted by molar-refractivity contribution is -0.120. The molecule has 2 amide bonds. The number of benzene rings is 3. The van der Waals surface area contributed by atoms with Crippen molar-refractivity contribution in [3.05, 3.63) is 105 Å². The quantitative estimate of drug-likeness (QED) is 0.481. The standard InChI is InChI=1S/C28H25ClN2O2/c1-17-8-9-21(14-18(17)2)25-26(30-13-12-20-6-4-5-7-22(20)16-30)28(33)31(27(25)32)24-11-10-23(29)15-19(24)3/h4-11,14-15H,12-13,16H2,1-3H3. The molecule has 4 nitrogen and oxygen atoms in total. The summed E-state index contributed by atoms with van der Waals surface area (Å²) in [4.78, 5) is 31.1. The van der Waals surface area contributed by atoms with E-state index in [1.165, 1.54) is 16.0 Å². The summed E-state index contributed by atoms with van der Waals surface area (Å²) >= 11 is 6.14. The van der Waals surface area contributed by atoms with Gasteiger partial charge in [0.25, 0.3) is 11.8 Å². The molecule has 0 aromatic heterocycles. The average Bonchev–Trinajstić information content (AvgIpc) is 3.05. The minimum Gasteiger partial charge on any atom is -0.362 e. The zero-order chi connectivity index (χ0) is 23.3. The molecule has 0 radical (unpaired) electrons. The number of aryl methyl sites for hydroxylation is 3. The van der Waals surface area contributed by atoms with Crippen molar-refractivity contribution in [1.82, 2.24) is 4.90 Å². The van der Waals surface area contributed by atoms with Crippen LogP contribution in [0.3, 0.4) is 0 Å². The van der Waals surface area contributed by atoms with Crippen molar-refractivity contribution >= 4 is 34.7 Å². The third kappa shape index (κ3) is 3.65. The summed E-state index contributed by atoms with van der Waals surface area (Å²) < 4.78 is 0. The van der Waals surface area contributed by atoms with Crippen LogP contribution in [0.25, 0.3) is 5.57 Å². The van der Waals surface area contributed by atoms with E-state index in [1.54, 1.807) is 18.2 Å². The van der Waals surface area contributed by atoms with Crippen LogP contribution in [0, 0.1) is 20.8 Å². The number of hydrogen-bond acceptors (Lipinski definition) is 3. The Kier molecular flexibility index (Phi) is 5.34. The fraction of sp³-hybridized carbons (Fsp3) is 0.214. The summed E-state index contributed by atoms with van der Waals surface area (Å²) in [6.07, 6.45) is 0.835. The summed E-state index contributed by atoms with van der Waals surface area (Å²) in [6, 6.07) is 19.5. The smallest absolute Gasteiger partial charge is 0.282 e. The molecule has 0 bridgehead atoms. The molecule has 0 saturated carbocycles. The van der Waals surface area contributed by atoms with Crippen molar-refractivity contribution in [3.8, 4) is 0 Å². The molecule has 3 aromatic carbocycles. The molecule has 2 aliphatic heterocycles. The van der Waals surface area contributed by atoms with Crippen molar-refractivity contribution in [2.45, 2.75) is 33.7 Å². The first kappa shape index (κ1) is 21.5. The van der Waals surface area contributed by atoms with E-state index in [0.717, 1.165) is 28.7 Å².